The van der Waals surface area contributed by atoms with E-state index in [1.807, 2.05) is 6.92 Å². The fraction of sp³-hybridized carbons (Fsp3) is 0.533. The lowest BCUT2D eigenvalue weighted by molar-refractivity contribution is -0.116. The zero-order valence-corrected chi connectivity index (χ0v) is 11.4. The molecule has 1 rings (SSSR count). The summed E-state index contributed by atoms with van der Waals surface area (Å²) < 4.78 is 0. The normalized spacial score (nSPS) is 14.6. The zero-order chi connectivity index (χ0) is 12.9. The molecule has 1 unspecified atom stereocenters. The Morgan fingerprint density at radius 2 is 1.88 bits per heavy atom. The molecule has 1 atom stereocenters. The van der Waals surface area contributed by atoms with E-state index in [0.717, 1.165) is 25.8 Å². The van der Waals surface area contributed by atoms with Gasteiger partial charge in [0.25, 0.3) is 0 Å². The molecule has 0 amide bonds. The van der Waals surface area contributed by atoms with E-state index in [9.17, 15) is 4.79 Å². The quantitative estimate of drug-likeness (QED) is 0.704. The minimum Gasteiger partial charge on any atom is -0.303 e. The van der Waals surface area contributed by atoms with Crippen molar-refractivity contribution in [1.82, 2.24) is 4.90 Å². The topological polar surface area (TPSA) is 20.3 Å². The van der Waals surface area contributed by atoms with Crippen LogP contribution in [0.2, 0.25) is 0 Å². The van der Waals surface area contributed by atoms with Crippen molar-refractivity contribution in [3.63, 3.8) is 0 Å². The molecule has 0 N–H and O–H groups in total. The van der Waals surface area contributed by atoms with E-state index < -0.39 is 0 Å². The molecule has 0 aliphatic heterocycles. The Kier molecular flexibility index (Phi) is 4.88. The van der Waals surface area contributed by atoms with E-state index in [1.165, 1.54) is 11.1 Å². The molecule has 0 heterocycles. The second kappa shape index (κ2) is 5.97. The van der Waals surface area contributed by atoms with Gasteiger partial charge in [0.15, 0.2) is 0 Å². The molecule has 94 valence electrons. The third-order valence-electron chi connectivity index (χ3n) is 3.30. The first-order chi connectivity index (χ1) is 7.99. The molecule has 2 nitrogen and oxygen atoms in total. The Labute approximate surface area is 105 Å². The van der Waals surface area contributed by atoms with Crippen LogP contribution in [0.1, 0.15) is 31.4 Å². The van der Waals surface area contributed by atoms with Crippen LogP contribution >= 0.6 is 0 Å². The van der Waals surface area contributed by atoms with Crippen molar-refractivity contribution in [3.8, 4) is 0 Å². The summed E-state index contributed by atoms with van der Waals surface area (Å²) in [7, 11) is 2.07. The maximum atomic E-state index is 11.1. The molecule has 0 saturated carbocycles. The Morgan fingerprint density at radius 3 is 2.35 bits per heavy atom. The molecule has 2 heteroatoms. The highest BCUT2D eigenvalue weighted by atomic mass is 16.1. The summed E-state index contributed by atoms with van der Waals surface area (Å²) in [4.78, 5) is 13.3. The molecule has 0 spiro atoms. The summed E-state index contributed by atoms with van der Waals surface area (Å²) >= 11 is 0. The molecule has 0 radical (unpaired) electrons. The fourth-order valence-corrected chi connectivity index (χ4v) is 1.91. The smallest absolute Gasteiger partial charge is 0.127 e. The fourth-order valence-electron chi connectivity index (χ4n) is 1.91. The lowest BCUT2D eigenvalue weighted by Gasteiger charge is -2.27. The molecule has 0 saturated heterocycles. The summed E-state index contributed by atoms with van der Waals surface area (Å²) in [5, 5.41) is 0. The molecule has 1 aromatic carbocycles. The van der Waals surface area contributed by atoms with Crippen molar-refractivity contribution in [1.29, 1.82) is 0 Å². The molecule has 17 heavy (non-hydrogen) atoms. The van der Waals surface area contributed by atoms with Gasteiger partial charge in [0.05, 0.1) is 0 Å². The Hall–Kier alpha value is -1.15. The van der Waals surface area contributed by atoms with E-state index in [-0.39, 0.29) is 5.41 Å². The second-order valence-corrected chi connectivity index (χ2v) is 5.28. The van der Waals surface area contributed by atoms with Crippen LogP contribution in [0.25, 0.3) is 0 Å². The molecule has 1 aromatic rings. The van der Waals surface area contributed by atoms with Crippen LogP contribution in [0.3, 0.4) is 0 Å². The van der Waals surface area contributed by atoms with Crippen LogP contribution in [-0.4, -0.2) is 24.8 Å². The standard InChI is InChI=1S/C15H23NO/c1-5-15(3,12-17)11-16(4)10-14-8-6-13(2)7-9-14/h6-9,12H,5,10-11H2,1-4H3. The van der Waals surface area contributed by atoms with E-state index in [4.69, 9.17) is 0 Å². The van der Waals surface area contributed by atoms with Crippen LogP contribution in [0.15, 0.2) is 24.3 Å². The summed E-state index contributed by atoms with van der Waals surface area (Å²) in [6.07, 6.45) is 1.97. The Morgan fingerprint density at radius 1 is 1.29 bits per heavy atom. The highest BCUT2D eigenvalue weighted by molar-refractivity contribution is 5.58. The largest absolute Gasteiger partial charge is 0.303 e. The number of rotatable bonds is 6. The second-order valence-electron chi connectivity index (χ2n) is 5.28. The van der Waals surface area contributed by atoms with Gasteiger partial charge in [-0.25, -0.2) is 0 Å². The predicted molar refractivity (Wildman–Crippen MR) is 72.0 cm³/mol. The van der Waals surface area contributed by atoms with Crippen molar-refractivity contribution < 1.29 is 4.79 Å². The first-order valence-corrected chi connectivity index (χ1v) is 6.19. The monoisotopic (exact) mass is 233 g/mol. The number of benzene rings is 1. The molecule has 0 aliphatic carbocycles. The van der Waals surface area contributed by atoms with Crippen LogP contribution < -0.4 is 0 Å². The zero-order valence-electron chi connectivity index (χ0n) is 11.4. The van der Waals surface area contributed by atoms with Gasteiger partial charge in [-0.3, -0.25) is 0 Å². The minimum atomic E-state index is -0.223. The molecular weight excluding hydrogens is 210 g/mol. The van der Waals surface area contributed by atoms with Gasteiger partial charge in [0.1, 0.15) is 6.29 Å². The molecular formula is C15H23NO. The first kappa shape index (κ1) is 13.9. The number of aldehydes is 1. The lowest BCUT2D eigenvalue weighted by atomic mass is 9.89. The summed E-state index contributed by atoms with van der Waals surface area (Å²) in [5.41, 5.74) is 2.35. The summed E-state index contributed by atoms with van der Waals surface area (Å²) in [6, 6.07) is 8.55. The van der Waals surface area contributed by atoms with Crippen LogP contribution in [0.4, 0.5) is 0 Å². The summed E-state index contributed by atoms with van der Waals surface area (Å²) in [5.74, 6) is 0. The van der Waals surface area contributed by atoms with Crippen LogP contribution in [-0.2, 0) is 11.3 Å². The SMILES string of the molecule is CCC(C)(C=O)CN(C)Cc1ccc(C)cc1. The number of hydrogen-bond donors (Lipinski definition) is 0. The average molecular weight is 233 g/mol. The van der Waals surface area contributed by atoms with Gasteiger partial charge in [-0.1, -0.05) is 43.7 Å². The average Bonchev–Trinajstić information content (AvgIpc) is 2.32. The van der Waals surface area contributed by atoms with E-state index in [0.29, 0.717) is 0 Å². The highest BCUT2D eigenvalue weighted by Gasteiger charge is 2.22. The number of carbonyl (C=O) groups excluding carboxylic acids is 1. The van der Waals surface area contributed by atoms with Gasteiger partial charge in [-0.15, -0.1) is 0 Å². The van der Waals surface area contributed by atoms with Gasteiger partial charge >= 0.3 is 0 Å². The van der Waals surface area contributed by atoms with Gasteiger partial charge in [0.2, 0.25) is 0 Å². The van der Waals surface area contributed by atoms with Crippen molar-refractivity contribution in [3.05, 3.63) is 35.4 Å². The molecule has 0 bridgehead atoms. The Bertz CT molecular complexity index is 358. The molecule has 0 fully saturated rings. The van der Waals surface area contributed by atoms with Gasteiger partial charge in [0, 0.05) is 18.5 Å². The third kappa shape index (κ3) is 4.31. The van der Waals surface area contributed by atoms with Gasteiger partial charge in [-0.2, -0.15) is 0 Å². The third-order valence-corrected chi connectivity index (χ3v) is 3.30. The van der Waals surface area contributed by atoms with Crippen molar-refractivity contribution in [2.45, 2.75) is 33.7 Å². The van der Waals surface area contributed by atoms with Gasteiger partial charge in [-0.05, 0) is 26.0 Å². The van der Waals surface area contributed by atoms with E-state index in [1.54, 1.807) is 0 Å². The maximum Gasteiger partial charge on any atom is 0.127 e. The van der Waals surface area contributed by atoms with Gasteiger partial charge < -0.3 is 9.69 Å². The first-order valence-electron chi connectivity index (χ1n) is 6.19. The van der Waals surface area contributed by atoms with Crippen molar-refractivity contribution >= 4 is 6.29 Å². The number of nitrogens with zero attached hydrogens (tertiary/aromatic N) is 1. The lowest BCUT2D eigenvalue weighted by Crippen LogP contribution is -2.33. The maximum absolute atomic E-state index is 11.1. The van der Waals surface area contributed by atoms with E-state index in [2.05, 4.69) is 50.1 Å². The number of carbonyl (C=O) groups is 1. The van der Waals surface area contributed by atoms with Crippen LogP contribution in [0, 0.1) is 12.3 Å². The van der Waals surface area contributed by atoms with Crippen molar-refractivity contribution in [2.24, 2.45) is 5.41 Å². The minimum absolute atomic E-state index is 0.223. The van der Waals surface area contributed by atoms with Crippen LogP contribution in [0.5, 0.6) is 0 Å². The van der Waals surface area contributed by atoms with E-state index >= 15 is 0 Å². The highest BCUT2D eigenvalue weighted by Crippen LogP contribution is 2.19. The molecule has 0 aromatic heterocycles. The number of aryl methyl sites for hydroxylation is 1. The summed E-state index contributed by atoms with van der Waals surface area (Å²) in [6.45, 7) is 7.87. The molecule has 0 aliphatic rings. The Balaban J connectivity index is 2.57. The number of hydrogen-bond acceptors (Lipinski definition) is 2. The predicted octanol–water partition coefficient (Wildman–Crippen LogP) is 3.04. The van der Waals surface area contributed by atoms with Crippen molar-refractivity contribution in [2.75, 3.05) is 13.6 Å².